The molecular formula is C17H35FeNS2. The van der Waals surface area contributed by atoms with E-state index in [4.69, 9.17) is 12.2 Å². The molecule has 0 rings (SSSR count). The zero-order chi connectivity index (χ0) is 15.1. The van der Waals surface area contributed by atoms with Crippen LogP contribution >= 0.6 is 24.8 Å². The number of thiol groups is 1. The van der Waals surface area contributed by atoms with Gasteiger partial charge in [-0.25, -0.2) is 0 Å². The summed E-state index contributed by atoms with van der Waals surface area (Å²) in [5.74, 6) is 0. The molecule has 0 N–H and O–H groups in total. The number of hydrogen-bond acceptors (Lipinski definition) is 1. The maximum Gasteiger partial charge on any atom is 0.133 e. The number of hydrogen-bond donors (Lipinski definition) is 1. The van der Waals surface area contributed by atoms with Crippen LogP contribution in [0.5, 0.6) is 0 Å². The molecule has 0 aromatic carbocycles. The van der Waals surface area contributed by atoms with Crippen LogP contribution in [0.25, 0.3) is 0 Å². The van der Waals surface area contributed by atoms with E-state index in [2.05, 4.69) is 31.4 Å². The monoisotopic (exact) mass is 373 g/mol. The van der Waals surface area contributed by atoms with Crippen molar-refractivity contribution in [2.24, 2.45) is 0 Å². The molecule has 0 amide bonds. The Morgan fingerprint density at radius 3 is 1.38 bits per heavy atom. The van der Waals surface area contributed by atoms with E-state index in [-0.39, 0.29) is 17.1 Å². The summed E-state index contributed by atoms with van der Waals surface area (Å²) in [6.45, 7) is 6.73. The van der Waals surface area contributed by atoms with Gasteiger partial charge < -0.3 is 4.90 Å². The van der Waals surface area contributed by atoms with E-state index in [9.17, 15) is 0 Å². The van der Waals surface area contributed by atoms with Crippen LogP contribution in [0, 0.1) is 0 Å². The summed E-state index contributed by atoms with van der Waals surface area (Å²) >= 11 is 9.61. The first-order valence-corrected chi connectivity index (χ1v) is 9.55. The van der Waals surface area contributed by atoms with Crippen LogP contribution < -0.4 is 0 Å². The summed E-state index contributed by atoms with van der Waals surface area (Å²) in [5, 5.41) is 0. The van der Waals surface area contributed by atoms with E-state index in [0.717, 1.165) is 17.4 Å². The van der Waals surface area contributed by atoms with Crippen molar-refractivity contribution >= 4 is 29.2 Å². The molecule has 0 bridgehead atoms. The average Bonchev–Trinajstić information content (AvgIpc) is 2.43. The third-order valence-electron chi connectivity index (χ3n) is 3.83. The Balaban J connectivity index is 0. The first kappa shape index (κ1) is 24.0. The van der Waals surface area contributed by atoms with Crippen LogP contribution in [0.2, 0.25) is 0 Å². The van der Waals surface area contributed by atoms with Crippen LogP contribution in [-0.4, -0.2) is 22.3 Å². The van der Waals surface area contributed by atoms with Gasteiger partial charge in [0.25, 0.3) is 0 Å². The fourth-order valence-corrected chi connectivity index (χ4v) is 2.85. The van der Waals surface area contributed by atoms with Crippen molar-refractivity contribution in [3.8, 4) is 0 Å². The second kappa shape index (κ2) is 18.8. The zero-order valence-electron chi connectivity index (χ0n) is 14.1. The second-order valence-electron chi connectivity index (χ2n) is 5.81. The van der Waals surface area contributed by atoms with Gasteiger partial charge in [0.05, 0.1) is 0 Å². The molecular weight excluding hydrogens is 338 g/mol. The van der Waals surface area contributed by atoms with Crippen molar-refractivity contribution in [1.29, 1.82) is 0 Å². The number of thiocarbonyl (C=S) groups is 1. The van der Waals surface area contributed by atoms with E-state index in [0.29, 0.717) is 0 Å². The zero-order valence-corrected chi connectivity index (χ0v) is 16.9. The Morgan fingerprint density at radius 1 is 0.714 bits per heavy atom. The Hall–Kier alpha value is 0.759. The van der Waals surface area contributed by atoms with Crippen molar-refractivity contribution in [3.63, 3.8) is 0 Å². The molecule has 128 valence electrons. The predicted octanol–water partition coefficient (Wildman–Crippen LogP) is 6.22. The summed E-state index contributed by atoms with van der Waals surface area (Å²) in [6.07, 6.45) is 16.1. The van der Waals surface area contributed by atoms with Crippen molar-refractivity contribution in [3.05, 3.63) is 0 Å². The second-order valence-corrected chi connectivity index (χ2v) is 6.92. The molecule has 0 radical (unpaired) electrons. The maximum atomic E-state index is 5.25. The Bertz CT molecular complexity index is 209. The predicted molar refractivity (Wildman–Crippen MR) is 99.9 cm³/mol. The summed E-state index contributed by atoms with van der Waals surface area (Å²) in [5.41, 5.74) is 0. The van der Waals surface area contributed by atoms with Gasteiger partial charge in [-0.1, -0.05) is 90.3 Å². The molecule has 0 fully saturated rings. The minimum absolute atomic E-state index is 0. The Labute approximate surface area is 154 Å². The molecule has 0 saturated heterocycles. The molecule has 0 aliphatic rings. The van der Waals surface area contributed by atoms with Gasteiger partial charge >= 0.3 is 0 Å². The standard InChI is InChI=1S/C17H35NS2.Fe/c1-3-5-7-9-11-13-15-18(17(19)20)16-14-12-10-8-6-4-2;/h3-16H2,1-2H3,(H,19,20);. The molecule has 0 heterocycles. The van der Waals surface area contributed by atoms with Gasteiger partial charge in [-0.3, -0.25) is 0 Å². The molecule has 0 aromatic heterocycles. The molecule has 0 atom stereocenters. The first-order valence-electron chi connectivity index (χ1n) is 8.70. The van der Waals surface area contributed by atoms with Crippen LogP contribution in [0.4, 0.5) is 0 Å². The quantitative estimate of drug-likeness (QED) is 0.167. The molecule has 0 unspecified atom stereocenters. The van der Waals surface area contributed by atoms with Crippen LogP contribution in [0.1, 0.15) is 90.9 Å². The fraction of sp³-hybridized carbons (Fsp3) is 0.941. The van der Waals surface area contributed by atoms with Gasteiger partial charge in [0.1, 0.15) is 4.32 Å². The maximum absolute atomic E-state index is 5.25. The first-order chi connectivity index (χ1) is 9.72. The molecule has 0 saturated carbocycles. The van der Waals surface area contributed by atoms with Gasteiger partial charge in [0.15, 0.2) is 0 Å². The number of unbranched alkanes of at least 4 members (excludes halogenated alkanes) is 10. The van der Waals surface area contributed by atoms with Gasteiger partial charge in [-0.2, -0.15) is 0 Å². The van der Waals surface area contributed by atoms with Crippen molar-refractivity contribution in [2.75, 3.05) is 13.1 Å². The summed E-state index contributed by atoms with van der Waals surface area (Å²) in [4.78, 5) is 2.29. The van der Waals surface area contributed by atoms with Gasteiger partial charge in [-0.15, -0.1) is 12.6 Å². The van der Waals surface area contributed by atoms with Crippen molar-refractivity contribution < 1.29 is 17.1 Å². The van der Waals surface area contributed by atoms with E-state index < -0.39 is 0 Å². The minimum atomic E-state index is 0. The third-order valence-corrected chi connectivity index (χ3v) is 4.37. The summed E-state index contributed by atoms with van der Waals surface area (Å²) < 4.78 is 0.784. The fourth-order valence-electron chi connectivity index (χ4n) is 2.47. The van der Waals surface area contributed by atoms with Crippen LogP contribution in [0.15, 0.2) is 0 Å². The van der Waals surface area contributed by atoms with E-state index in [1.165, 1.54) is 77.0 Å². The molecule has 4 heteroatoms. The van der Waals surface area contributed by atoms with E-state index in [1.807, 2.05) is 0 Å². The SMILES string of the molecule is CCCCCCCCN(CCCCCCCC)C(=S)S.[Fe]. The van der Waals surface area contributed by atoms with Crippen LogP contribution in [0.3, 0.4) is 0 Å². The van der Waals surface area contributed by atoms with Gasteiger partial charge in [0, 0.05) is 30.2 Å². The van der Waals surface area contributed by atoms with E-state index >= 15 is 0 Å². The smallest absolute Gasteiger partial charge is 0.133 e. The minimum Gasteiger partial charge on any atom is -0.358 e. The molecule has 0 aromatic rings. The van der Waals surface area contributed by atoms with Gasteiger partial charge in [-0.05, 0) is 12.8 Å². The Morgan fingerprint density at radius 2 is 1.05 bits per heavy atom. The topological polar surface area (TPSA) is 3.24 Å². The Kier molecular flexibility index (Phi) is 21.5. The molecule has 0 aliphatic carbocycles. The largest absolute Gasteiger partial charge is 0.358 e. The van der Waals surface area contributed by atoms with Crippen molar-refractivity contribution in [2.45, 2.75) is 90.9 Å². The number of nitrogens with zero attached hydrogens (tertiary/aromatic N) is 1. The normalized spacial score (nSPS) is 10.2. The van der Waals surface area contributed by atoms with Crippen molar-refractivity contribution in [1.82, 2.24) is 4.90 Å². The van der Waals surface area contributed by atoms with Gasteiger partial charge in [0.2, 0.25) is 0 Å². The van der Waals surface area contributed by atoms with E-state index in [1.54, 1.807) is 0 Å². The summed E-state index contributed by atoms with van der Waals surface area (Å²) in [7, 11) is 0. The third kappa shape index (κ3) is 17.0. The molecule has 21 heavy (non-hydrogen) atoms. The average molecular weight is 373 g/mol. The summed E-state index contributed by atoms with van der Waals surface area (Å²) in [6, 6.07) is 0. The molecule has 0 spiro atoms. The molecule has 0 aliphatic heterocycles. The van der Waals surface area contributed by atoms with Crippen LogP contribution in [-0.2, 0) is 17.1 Å². The number of rotatable bonds is 14. The molecule has 1 nitrogen and oxygen atoms in total.